The van der Waals surface area contributed by atoms with Crippen molar-refractivity contribution in [1.29, 1.82) is 0 Å². The number of rotatable bonds is 2. The van der Waals surface area contributed by atoms with Gasteiger partial charge in [-0.2, -0.15) is 0 Å². The zero-order valence-corrected chi connectivity index (χ0v) is 15.9. The second kappa shape index (κ2) is 6.31. The zero-order chi connectivity index (χ0) is 14.9. The van der Waals surface area contributed by atoms with Crippen LogP contribution in [0.2, 0.25) is 14.8 Å². The van der Waals surface area contributed by atoms with Crippen molar-refractivity contribution in [3.8, 4) is 0 Å². The van der Waals surface area contributed by atoms with Crippen LogP contribution in [0.4, 0.5) is 0 Å². The first kappa shape index (κ1) is 15.4. The molecule has 0 aliphatic carbocycles. The molecule has 0 radical (unpaired) electrons. The van der Waals surface area contributed by atoms with Crippen molar-refractivity contribution in [3.05, 3.63) is 45.7 Å². The minimum atomic E-state index is -2.16. The molecule has 0 spiro atoms. The van der Waals surface area contributed by atoms with Crippen LogP contribution in [0.3, 0.4) is 0 Å². The monoisotopic (exact) mass is 396 g/mol. The van der Waals surface area contributed by atoms with Gasteiger partial charge in [0.15, 0.2) is 0 Å². The van der Waals surface area contributed by atoms with Crippen LogP contribution in [0, 0.1) is 0 Å². The molecule has 0 bridgehead atoms. The van der Waals surface area contributed by atoms with E-state index in [9.17, 15) is 0 Å². The molecule has 1 aromatic carbocycles. The standard InChI is InChI=1S/C14H15O3.3CH3.Sn/c1-2-6-11(7-3-1)14-16-10-13-12(17-14)8-4-5-9-15-13;;;;/h1-3,5-7,12-14H,4,8,10H2;3*1H3;/t12-,13+,14+;;;;/m0..../s1. The summed E-state index contributed by atoms with van der Waals surface area (Å²) in [4.78, 5) is 7.16. The Hall–Kier alpha value is -0.521. The molecule has 0 amide bonds. The summed E-state index contributed by atoms with van der Waals surface area (Å²) < 4.78 is 19.6. The third kappa shape index (κ3) is 3.63. The van der Waals surface area contributed by atoms with Crippen molar-refractivity contribution in [3.63, 3.8) is 0 Å². The molecule has 114 valence electrons. The average molecular weight is 395 g/mol. The predicted molar refractivity (Wildman–Crippen MR) is 85.5 cm³/mol. The molecule has 0 N–H and O–H groups in total. The molecule has 3 rings (SSSR count). The summed E-state index contributed by atoms with van der Waals surface area (Å²) in [6, 6.07) is 10.2. The number of ether oxygens (including phenoxy) is 3. The molecule has 0 saturated carbocycles. The molecular formula is C17H24O3Sn. The van der Waals surface area contributed by atoms with E-state index in [1.165, 1.54) is 3.78 Å². The van der Waals surface area contributed by atoms with Gasteiger partial charge in [-0.15, -0.1) is 0 Å². The summed E-state index contributed by atoms with van der Waals surface area (Å²) >= 11 is -2.16. The van der Waals surface area contributed by atoms with Crippen LogP contribution in [-0.4, -0.2) is 37.2 Å². The first-order chi connectivity index (χ1) is 10.0. The third-order valence-electron chi connectivity index (χ3n) is 4.00. The molecule has 21 heavy (non-hydrogen) atoms. The van der Waals surface area contributed by atoms with E-state index in [1.54, 1.807) is 0 Å². The van der Waals surface area contributed by atoms with Crippen LogP contribution in [0.1, 0.15) is 24.7 Å². The molecule has 2 heterocycles. The molecule has 1 fully saturated rings. The van der Waals surface area contributed by atoms with E-state index in [1.807, 2.05) is 18.2 Å². The van der Waals surface area contributed by atoms with E-state index in [0.29, 0.717) is 6.61 Å². The van der Waals surface area contributed by atoms with E-state index in [4.69, 9.17) is 14.2 Å². The van der Waals surface area contributed by atoms with Crippen molar-refractivity contribution in [2.75, 3.05) is 6.61 Å². The van der Waals surface area contributed by atoms with Gasteiger partial charge in [-0.25, -0.2) is 0 Å². The van der Waals surface area contributed by atoms with Crippen LogP contribution in [0.25, 0.3) is 0 Å². The van der Waals surface area contributed by atoms with E-state index < -0.39 is 18.4 Å². The van der Waals surface area contributed by atoms with Crippen LogP contribution in [0.5, 0.6) is 0 Å². The summed E-state index contributed by atoms with van der Waals surface area (Å²) in [6.07, 6.45) is 4.29. The van der Waals surface area contributed by atoms with Gasteiger partial charge in [0.05, 0.1) is 0 Å². The predicted octanol–water partition coefficient (Wildman–Crippen LogP) is 4.04. The van der Waals surface area contributed by atoms with Crippen molar-refractivity contribution in [2.45, 2.75) is 46.2 Å². The first-order valence-electron chi connectivity index (χ1n) is 7.73. The normalized spacial score (nSPS) is 29.9. The van der Waals surface area contributed by atoms with Gasteiger partial charge in [-0.05, 0) is 0 Å². The molecule has 2 aliphatic rings. The second-order valence-electron chi connectivity index (χ2n) is 6.80. The Kier molecular flexibility index (Phi) is 4.62. The number of fused-ring (bicyclic) bond motifs is 1. The SMILES string of the molecule is [CH3][Sn]([CH3])([CH3])[C]1=CCC[C@@H]2O[C@H](c3ccccc3)OC[C@H]2O1. The zero-order valence-electron chi connectivity index (χ0n) is 13.0. The van der Waals surface area contributed by atoms with Crippen LogP contribution in [-0.2, 0) is 14.2 Å². The van der Waals surface area contributed by atoms with E-state index in [0.717, 1.165) is 18.4 Å². The Labute approximate surface area is 131 Å². The van der Waals surface area contributed by atoms with Gasteiger partial charge >= 0.3 is 131 Å². The molecule has 4 heteroatoms. The van der Waals surface area contributed by atoms with Crippen molar-refractivity contribution in [1.82, 2.24) is 0 Å². The van der Waals surface area contributed by atoms with Gasteiger partial charge in [0.1, 0.15) is 0 Å². The minimum absolute atomic E-state index is 0.0506. The number of benzene rings is 1. The van der Waals surface area contributed by atoms with Crippen LogP contribution >= 0.6 is 0 Å². The fraction of sp³-hybridized carbons (Fsp3) is 0.529. The van der Waals surface area contributed by atoms with Gasteiger partial charge in [0.2, 0.25) is 0 Å². The molecule has 3 nitrogen and oxygen atoms in total. The van der Waals surface area contributed by atoms with Gasteiger partial charge < -0.3 is 0 Å². The molecular weight excluding hydrogens is 371 g/mol. The van der Waals surface area contributed by atoms with Gasteiger partial charge in [0.25, 0.3) is 0 Å². The quantitative estimate of drug-likeness (QED) is 0.708. The fourth-order valence-electron chi connectivity index (χ4n) is 2.80. The Bertz CT molecular complexity index is 507. The number of hydrogen-bond donors (Lipinski definition) is 0. The van der Waals surface area contributed by atoms with Crippen LogP contribution in [0.15, 0.2) is 40.2 Å². The Balaban J connectivity index is 1.70. The van der Waals surface area contributed by atoms with E-state index >= 15 is 0 Å². The second-order valence-corrected chi connectivity index (χ2v) is 21.1. The summed E-state index contributed by atoms with van der Waals surface area (Å²) in [5, 5.41) is 0. The summed E-state index contributed by atoms with van der Waals surface area (Å²) in [6.45, 7) is 0.615. The molecule has 0 aromatic heterocycles. The molecule has 1 saturated heterocycles. The molecule has 1 aromatic rings. The maximum absolute atomic E-state index is 6.27. The number of allylic oxidation sites excluding steroid dienone is 1. The Morgan fingerprint density at radius 2 is 1.81 bits per heavy atom. The van der Waals surface area contributed by atoms with Crippen molar-refractivity contribution >= 4 is 18.4 Å². The van der Waals surface area contributed by atoms with Gasteiger partial charge in [-0.1, -0.05) is 0 Å². The van der Waals surface area contributed by atoms with E-state index in [2.05, 4.69) is 33.0 Å². The maximum atomic E-state index is 6.27. The third-order valence-corrected chi connectivity index (χ3v) is 9.13. The number of hydrogen-bond acceptors (Lipinski definition) is 3. The Morgan fingerprint density at radius 1 is 1.05 bits per heavy atom. The summed E-state index contributed by atoms with van der Waals surface area (Å²) in [5.74, 6) is 0. The van der Waals surface area contributed by atoms with Crippen molar-refractivity contribution < 1.29 is 14.2 Å². The first-order valence-corrected chi connectivity index (χ1v) is 17.7. The molecule has 2 aliphatic heterocycles. The summed E-state index contributed by atoms with van der Waals surface area (Å²) in [7, 11) is 0. The average Bonchev–Trinajstić information content (AvgIpc) is 2.69. The van der Waals surface area contributed by atoms with Gasteiger partial charge in [0, 0.05) is 0 Å². The van der Waals surface area contributed by atoms with Crippen molar-refractivity contribution in [2.24, 2.45) is 0 Å². The molecule has 0 unspecified atom stereocenters. The van der Waals surface area contributed by atoms with E-state index in [-0.39, 0.29) is 18.5 Å². The topological polar surface area (TPSA) is 27.7 Å². The summed E-state index contributed by atoms with van der Waals surface area (Å²) in [5.41, 5.74) is 1.09. The van der Waals surface area contributed by atoms with Gasteiger partial charge in [-0.3, -0.25) is 0 Å². The van der Waals surface area contributed by atoms with Crippen LogP contribution < -0.4 is 0 Å². The fourth-order valence-corrected chi connectivity index (χ4v) is 6.40. The Morgan fingerprint density at radius 3 is 2.52 bits per heavy atom. The molecule has 3 atom stereocenters.